The summed E-state index contributed by atoms with van der Waals surface area (Å²) in [5.74, 6) is 0.603. The molecule has 56 heavy (non-hydrogen) atoms. The van der Waals surface area contributed by atoms with Gasteiger partial charge in [-0.25, -0.2) is 9.59 Å². The summed E-state index contributed by atoms with van der Waals surface area (Å²) >= 11 is 0. The molecule has 1 saturated carbocycles. The highest BCUT2D eigenvalue weighted by atomic mass is 16.5. The first-order valence-corrected chi connectivity index (χ1v) is 20.9. The molecule has 7 heteroatoms. The van der Waals surface area contributed by atoms with Crippen molar-refractivity contribution in [1.29, 1.82) is 0 Å². The van der Waals surface area contributed by atoms with Gasteiger partial charge >= 0.3 is 11.9 Å². The Morgan fingerprint density at radius 1 is 0.696 bits per heavy atom. The summed E-state index contributed by atoms with van der Waals surface area (Å²) in [5.41, 5.74) is 9.38. The summed E-state index contributed by atoms with van der Waals surface area (Å²) in [6.45, 7) is 15.5. The molecule has 4 rings (SSSR count). The number of aryl methyl sites for hydroxylation is 3. The van der Waals surface area contributed by atoms with Crippen molar-refractivity contribution < 1.29 is 34.0 Å². The third-order valence-corrected chi connectivity index (χ3v) is 11.3. The maximum atomic E-state index is 12.2. The van der Waals surface area contributed by atoms with Crippen LogP contribution in [0.4, 0.5) is 0 Å². The Hall–Kier alpha value is -4.20. The first-order chi connectivity index (χ1) is 27.0. The Labute approximate surface area is 336 Å². The fourth-order valence-electron chi connectivity index (χ4n) is 7.71. The number of carbonyl (C=O) groups is 2. The Morgan fingerprint density at radius 2 is 1.25 bits per heavy atom. The third kappa shape index (κ3) is 12.7. The van der Waals surface area contributed by atoms with Crippen LogP contribution in [0.5, 0.6) is 5.75 Å². The lowest BCUT2D eigenvalue weighted by atomic mass is 9.81. The van der Waals surface area contributed by atoms with E-state index in [4.69, 9.17) is 14.2 Å². The summed E-state index contributed by atoms with van der Waals surface area (Å²) in [4.78, 5) is 24.4. The van der Waals surface area contributed by atoms with Gasteiger partial charge in [-0.2, -0.15) is 0 Å². The van der Waals surface area contributed by atoms with E-state index in [0.29, 0.717) is 62.2 Å². The fraction of sp³-hybridized carbons (Fsp3) is 0.510. The van der Waals surface area contributed by atoms with Crippen LogP contribution in [0.1, 0.15) is 126 Å². The number of unbranched alkanes of at least 4 members (excludes halogenated alkanes) is 1. The zero-order chi connectivity index (χ0) is 40.5. The second kappa shape index (κ2) is 22.5. The van der Waals surface area contributed by atoms with Crippen LogP contribution in [0, 0.1) is 5.41 Å². The van der Waals surface area contributed by atoms with E-state index in [9.17, 15) is 19.8 Å². The molecule has 0 radical (unpaired) electrons. The first kappa shape index (κ1) is 44.5. The average Bonchev–Trinajstić information content (AvgIpc) is 3.22. The molecule has 1 fully saturated rings. The van der Waals surface area contributed by atoms with E-state index >= 15 is 0 Å². The van der Waals surface area contributed by atoms with Gasteiger partial charge in [0.05, 0.1) is 33.0 Å². The van der Waals surface area contributed by atoms with Crippen LogP contribution >= 0.6 is 0 Å². The third-order valence-electron chi connectivity index (χ3n) is 11.3. The summed E-state index contributed by atoms with van der Waals surface area (Å²) < 4.78 is 17.6. The zero-order valence-electron chi connectivity index (χ0n) is 34.6. The maximum absolute atomic E-state index is 12.2. The summed E-state index contributed by atoms with van der Waals surface area (Å²) in [6.07, 6.45) is 12.8. The Morgan fingerprint density at radius 3 is 1.77 bits per heavy atom. The Kier molecular flexibility index (Phi) is 17.9. The molecule has 7 nitrogen and oxygen atoms in total. The van der Waals surface area contributed by atoms with Gasteiger partial charge < -0.3 is 24.4 Å². The van der Waals surface area contributed by atoms with Crippen LogP contribution in [-0.2, 0) is 38.3 Å². The molecule has 2 N–H and O–H groups in total. The molecule has 1 aliphatic carbocycles. The van der Waals surface area contributed by atoms with E-state index in [0.717, 1.165) is 47.3 Å². The highest BCUT2D eigenvalue weighted by Crippen LogP contribution is 2.38. The van der Waals surface area contributed by atoms with Crippen molar-refractivity contribution in [2.45, 2.75) is 124 Å². The van der Waals surface area contributed by atoms with Crippen LogP contribution < -0.4 is 4.74 Å². The second-order valence-corrected chi connectivity index (χ2v) is 15.9. The minimum Gasteiger partial charge on any atom is -0.493 e. The van der Waals surface area contributed by atoms with Crippen LogP contribution in [0.25, 0.3) is 22.3 Å². The molecule has 0 bridgehead atoms. The van der Waals surface area contributed by atoms with Gasteiger partial charge in [0.25, 0.3) is 0 Å². The summed E-state index contributed by atoms with van der Waals surface area (Å²) in [7, 11) is 0. The molecule has 0 atom stereocenters. The highest BCUT2D eigenvalue weighted by molar-refractivity contribution is 5.87. The van der Waals surface area contributed by atoms with Crippen molar-refractivity contribution in [2.24, 2.45) is 5.41 Å². The minimum absolute atomic E-state index is 0.117. The van der Waals surface area contributed by atoms with Crippen molar-refractivity contribution in [3.05, 3.63) is 101 Å². The monoisotopic (exact) mass is 766 g/mol. The van der Waals surface area contributed by atoms with E-state index in [1.807, 2.05) is 0 Å². The van der Waals surface area contributed by atoms with Gasteiger partial charge in [-0.15, -0.1) is 0 Å². The number of carbonyl (C=O) groups excluding carboxylic acids is 2. The van der Waals surface area contributed by atoms with E-state index in [-0.39, 0.29) is 26.4 Å². The number of hydrogen-bond acceptors (Lipinski definition) is 7. The molecule has 304 valence electrons. The largest absolute Gasteiger partial charge is 0.493 e. The van der Waals surface area contributed by atoms with E-state index in [1.165, 1.54) is 54.4 Å². The van der Waals surface area contributed by atoms with Crippen LogP contribution in [0.15, 0.2) is 78.9 Å². The van der Waals surface area contributed by atoms with E-state index in [1.54, 1.807) is 13.8 Å². The topological polar surface area (TPSA) is 102 Å². The van der Waals surface area contributed by atoms with Crippen molar-refractivity contribution in [3.63, 3.8) is 0 Å². The summed E-state index contributed by atoms with van der Waals surface area (Å²) in [5, 5.41) is 20.6. The molecule has 0 unspecified atom stereocenters. The second-order valence-electron chi connectivity index (χ2n) is 15.9. The fourth-order valence-corrected chi connectivity index (χ4v) is 7.71. The Bertz CT molecular complexity index is 1690. The average molecular weight is 767 g/mol. The van der Waals surface area contributed by atoms with Crippen molar-refractivity contribution >= 4 is 11.9 Å². The number of esters is 2. The molecule has 0 spiro atoms. The number of aliphatic hydroxyl groups excluding tert-OH is 2. The van der Waals surface area contributed by atoms with Crippen molar-refractivity contribution in [3.8, 4) is 28.0 Å². The predicted molar refractivity (Wildman–Crippen MR) is 227 cm³/mol. The molecular formula is C49H66O7. The molecule has 0 amide bonds. The smallest absolute Gasteiger partial charge is 0.333 e. The van der Waals surface area contributed by atoms with Gasteiger partial charge in [-0.3, -0.25) is 0 Å². The maximum Gasteiger partial charge on any atom is 0.333 e. The van der Waals surface area contributed by atoms with Crippen LogP contribution in [0.2, 0.25) is 0 Å². The van der Waals surface area contributed by atoms with E-state index in [2.05, 4.69) is 81.6 Å². The summed E-state index contributed by atoms with van der Waals surface area (Å²) in [6, 6.07) is 20.3. The number of hydrogen-bond donors (Lipinski definition) is 2. The quantitative estimate of drug-likeness (QED) is 0.0563. The van der Waals surface area contributed by atoms with Gasteiger partial charge in [0, 0.05) is 16.6 Å². The molecule has 0 aromatic heterocycles. The molecule has 1 aliphatic rings. The molecule has 0 heterocycles. The van der Waals surface area contributed by atoms with Gasteiger partial charge in [0.2, 0.25) is 0 Å². The van der Waals surface area contributed by atoms with Crippen molar-refractivity contribution in [1.82, 2.24) is 0 Å². The highest BCUT2D eigenvalue weighted by Gasteiger charge is 2.28. The van der Waals surface area contributed by atoms with Gasteiger partial charge in [-0.05, 0) is 134 Å². The van der Waals surface area contributed by atoms with Gasteiger partial charge in [0.1, 0.15) is 5.75 Å². The number of aliphatic hydroxyl groups is 2. The van der Waals surface area contributed by atoms with Crippen LogP contribution in [0.3, 0.4) is 0 Å². The van der Waals surface area contributed by atoms with Gasteiger partial charge in [0.15, 0.2) is 0 Å². The predicted octanol–water partition coefficient (Wildman–Crippen LogP) is 10.7. The molecule has 3 aromatic carbocycles. The molecule has 0 aliphatic heterocycles. The SMILES string of the molecule is C=C(C)C(=O)OCCCc1cc(-c2ccc(-c3ccc(C4CCCCC4)cc3)cc2CC)cc(CCCOC(=O)C(=C)C)c1OCCC(CO)(CO)CCCC. The standard InChI is InChI=1S/C49H66O7/c1-7-9-25-49(33-50,34-51)26-29-54-46-42(17-13-27-55-47(52)35(3)4)31-44(32-43(46)18-14-28-56-48(53)36(5)6)45-24-23-41(30-37(45)8-2)40-21-19-39(20-22-40)38-15-11-10-12-16-38/h19-24,30-32,38,50-51H,3,5,7-18,25-29,33-34H2,1-2,4,6H3. The normalized spacial score (nSPS) is 13.3. The minimum atomic E-state index is -0.627. The Balaban J connectivity index is 1.70. The zero-order valence-corrected chi connectivity index (χ0v) is 34.6. The van der Waals surface area contributed by atoms with Crippen LogP contribution in [-0.4, -0.2) is 55.2 Å². The molecule has 0 saturated heterocycles. The van der Waals surface area contributed by atoms with E-state index < -0.39 is 17.4 Å². The first-order valence-electron chi connectivity index (χ1n) is 20.9. The number of ether oxygens (including phenoxy) is 3. The lowest BCUT2D eigenvalue weighted by Crippen LogP contribution is -2.32. The van der Waals surface area contributed by atoms with Gasteiger partial charge in [-0.1, -0.05) is 102 Å². The molecule has 3 aromatic rings. The van der Waals surface area contributed by atoms with Crippen molar-refractivity contribution in [2.75, 3.05) is 33.0 Å². The molecular weight excluding hydrogens is 701 g/mol. The lowest BCUT2D eigenvalue weighted by molar-refractivity contribution is -0.139. The number of benzene rings is 3. The number of rotatable bonds is 23. The lowest BCUT2D eigenvalue weighted by Gasteiger charge is -2.30.